The lowest BCUT2D eigenvalue weighted by atomic mass is 10.1. The van der Waals surface area contributed by atoms with E-state index >= 15 is 0 Å². The first-order valence-electron chi connectivity index (χ1n) is 6.75. The van der Waals surface area contributed by atoms with Crippen molar-refractivity contribution in [3.63, 3.8) is 0 Å². The first kappa shape index (κ1) is 13.3. The molecule has 1 aliphatic heterocycles. The fraction of sp³-hybridized carbons (Fsp3) is 0.643. The molecule has 0 amide bonds. The molecule has 0 bridgehead atoms. The number of likely N-dealkylation sites (N-methyl/N-ethyl adjacent to an activating group) is 1. The largest absolute Gasteiger partial charge is 0.352 e. The first-order chi connectivity index (χ1) is 8.59. The van der Waals surface area contributed by atoms with Crippen LogP contribution in [0.3, 0.4) is 0 Å². The van der Waals surface area contributed by atoms with Crippen LogP contribution in [0, 0.1) is 0 Å². The summed E-state index contributed by atoms with van der Waals surface area (Å²) >= 11 is 0. The van der Waals surface area contributed by atoms with Gasteiger partial charge in [-0.1, -0.05) is 6.07 Å². The van der Waals surface area contributed by atoms with Crippen LogP contribution >= 0.6 is 0 Å². The van der Waals surface area contributed by atoms with Crippen LogP contribution in [0.15, 0.2) is 18.3 Å². The van der Waals surface area contributed by atoms with Crippen LogP contribution in [-0.2, 0) is 0 Å². The van der Waals surface area contributed by atoms with Gasteiger partial charge >= 0.3 is 0 Å². The predicted octanol–water partition coefficient (Wildman–Crippen LogP) is 1.63. The van der Waals surface area contributed by atoms with Gasteiger partial charge in [-0.2, -0.15) is 0 Å². The lowest BCUT2D eigenvalue weighted by Gasteiger charge is -2.31. The Morgan fingerprint density at radius 3 is 2.94 bits per heavy atom. The SMILES string of the molecule is CC1CN(C)CCCN1c1ncccc1[C@H](C)N. The van der Waals surface area contributed by atoms with Crippen molar-refractivity contribution in [2.75, 3.05) is 31.6 Å². The molecular formula is C14H24N4. The van der Waals surface area contributed by atoms with E-state index in [1.54, 1.807) is 0 Å². The van der Waals surface area contributed by atoms with Gasteiger partial charge in [0, 0.05) is 36.9 Å². The molecule has 2 heterocycles. The number of rotatable bonds is 2. The van der Waals surface area contributed by atoms with Gasteiger partial charge < -0.3 is 15.5 Å². The molecular weight excluding hydrogens is 224 g/mol. The summed E-state index contributed by atoms with van der Waals surface area (Å²) in [6.07, 6.45) is 3.04. The monoisotopic (exact) mass is 248 g/mol. The van der Waals surface area contributed by atoms with E-state index in [2.05, 4.69) is 34.8 Å². The van der Waals surface area contributed by atoms with E-state index in [-0.39, 0.29) is 6.04 Å². The predicted molar refractivity (Wildman–Crippen MR) is 75.8 cm³/mol. The molecule has 0 spiro atoms. The van der Waals surface area contributed by atoms with Crippen molar-refractivity contribution in [2.24, 2.45) is 5.73 Å². The third kappa shape index (κ3) is 2.82. The summed E-state index contributed by atoms with van der Waals surface area (Å²) in [5.74, 6) is 1.07. The highest BCUT2D eigenvalue weighted by Gasteiger charge is 2.23. The molecule has 0 aliphatic carbocycles. The quantitative estimate of drug-likeness (QED) is 0.864. The molecule has 0 saturated carbocycles. The Morgan fingerprint density at radius 1 is 1.44 bits per heavy atom. The van der Waals surface area contributed by atoms with Gasteiger partial charge in [-0.15, -0.1) is 0 Å². The average molecular weight is 248 g/mol. The molecule has 0 radical (unpaired) electrons. The Labute approximate surface area is 110 Å². The van der Waals surface area contributed by atoms with Gasteiger partial charge in [0.05, 0.1) is 0 Å². The number of pyridine rings is 1. The van der Waals surface area contributed by atoms with Crippen molar-refractivity contribution in [1.29, 1.82) is 0 Å². The second-order valence-electron chi connectivity index (χ2n) is 5.36. The molecule has 2 atom stereocenters. The molecule has 1 aromatic heterocycles. The van der Waals surface area contributed by atoms with Crippen molar-refractivity contribution in [3.05, 3.63) is 23.9 Å². The fourth-order valence-corrected chi connectivity index (χ4v) is 2.69. The minimum Gasteiger partial charge on any atom is -0.352 e. The van der Waals surface area contributed by atoms with Gasteiger partial charge in [0.1, 0.15) is 5.82 Å². The second kappa shape index (κ2) is 5.67. The van der Waals surface area contributed by atoms with E-state index in [1.165, 1.54) is 6.42 Å². The zero-order valence-corrected chi connectivity index (χ0v) is 11.6. The molecule has 2 N–H and O–H groups in total. The summed E-state index contributed by atoms with van der Waals surface area (Å²) in [6.45, 7) is 7.58. The topological polar surface area (TPSA) is 45.4 Å². The lowest BCUT2D eigenvalue weighted by Crippen LogP contribution is -2.39. The van der Waals surface area contributed by atoms with Crippen LogP contribution in [0.4, 0.5) is 5.82 Å². The Balaban J connectivity index is 2.29. The fourth-order valence-electron chi connectivity index (χ4n) is 2.69. The van der Waals surface area contributed by atoms with E-state index in [0.29, 0.717) is 6.04 Å². The van der Waals surface area contributed by atoms with E-state index < -0.39 is 0 Å². The third-order valence-electron chi connectivity index (χ3n) is 3.63. The Kier molecular flexibility index (Phi) is 4.19. The molecule has 1 aromatic rings. The molecule has 1 unspecified atom stereocenters. The second-order valence-corrected chi connectivity index (χ2v) is 5.36. The van der Waals surface area contributed by atoms with Gasteiger partial charge in [0.2, 0.25) is 0 Å². The summed E-state index contributed by atoms with van der Waals surface area (Å²) in [7, 11) is 2.19. The summed E-state index contributed by atoms with van der Waals surface area (Å²) in [4.78, 5) is 9.36. The lowest BCUT2D eigenvalue weighted by molar-refractivity contribution is 0.337. The van der Waals surface area contributed by atoms with Crippen LogP contribution in [-0.4, -0.2) is 42.6 Å². The average Bonchev–Trinajstić information content (AvgIpc) is 2.50. The number of aromatic nitrogens is 1. The Morgan fingerprint density at radius 2 is 2.22 bits per heavy atom. The number of nitrogens with zero attached hydrogens (tertiary/aromatic N) is 3. The van der Waals surface area contributed by atoms with Gasteiger partial charge in [0.25, 0.3) is 0 Å². The van der Waals surface area contributed by atoms with E-state index in [9.17, 15) is 0 Å². The van der Waals surface area contributed by atoms with Gasteiger partial charge in [-0.05, 0) is 39.9 Å². The smallest absolute Gasteiger partial charge is 0.133 e. The first-order valence-corrected chi connectivity index (χ1v) is 6.75. The van der Waals surface area contributed by atoms with Crippen LogP contribution in [0.2, 0.25) is 0 Å². The Hall–Kier alpha value is -1.13. The highest BCUT2D eigenvalue weighted by atomic mass is 15.3. The van der Waals surface area contributed by atoms with E-state index in [0.717, 1.165) is 31.0 Å². The maximum absolute atomic E-state index is 6.06. The van der Waals surface area contributed by atoms with Crippen molar-refractivity contribution >= 4 is 5.82 Å². The van der Waals surface area contributed by atoms with Crippen LogP contribution in [0.25, 0.3) is 0 Å². The molecule has 1 saturated heterocycles. The Bertz CT molecular complexity index is 391. The van der Waals surface area contributed by atoms with Gasteiger partial charge in [0.15, 0.2) is 0 Å². The maximum atomic E-state index is 6.06. The van der Waals surface area contributed by atoms with Gasteiger partial charge in [-0.3, -0.25) is 0 Å². The molecule has 4 nitrogen and oxygen atoms in total. The highest BCUT2D eigenvalue weighted by molar-refractivity contribution is 5.49. The number of nitrogens with two attached hydrogens (primary N) is 1. The van der Waals surface area contributed by atoms with Crippen molar-refractivity contribution in [2.45, 2.75) is 32.4 Å². The zero-order valence-electron chi connectivity index (χ0n) is 11.6. The molecule has 2 rings (SSSR count). The summed E-state index contributed by atoms with van der Waals surface area (Å²) in [6, 6.07) is 4.57. The van der Waals surface area contributed by atoms with Crippen molar-refractivity contribution in [3.8, 4) is 0 Å². The maximum Gasteiger partial charge on any atom is 0.133 e. The molecule has 1 aliphatic rings. The third-order valence-corrected chi connectivity index (χ3v) is 3.63. The number of hydrogen-bond acceptors (Lipinski definition) is 4. The number of hydrogen-bond donors (Lipinski definition) is 1. The van der Waals surface area contributed by atoms with Crippen molar-refractivity contribution in [1.82, 2.24) is 9.88 Å². The normalized spacial score (nSPS) is 23.8. The summed E-state index contributed by atoms with van der Waals surface area (Å²) in [5.41, 5.74) is 7.20. The molecule has 1 fully saturated rings. The molecule has 18 heavy (non-hydrogen) atoms. The standard InChI is InChI=1S/C14H24N4/c1-11-10-17(3)8-5-9-18(11)14-13(12(2)15)6-4-7-16-14/h4,6-7,11-12H,5,8-10,15H2,1-3H3/t11?,12-/m0/s1. The van der Waals surface area contributed by atoms with Crippen LogP contribution in [0.1, 0.15) is 31.9 Å². The summed E-state index contributed by atoms with van der Waals surface area (Å²) in [5, 5.41) is 0. The molecule has 0 aromatic carbocycles. The van der Waals surface area contributed by atoms with E-state index in [4.69, 9.17) is 5.73 Å². The van der Waals surface area contributed by atoms with Crippen LogP contribution in [0.5, 0.6) is 0 Å². The van der Waals surface area contributed by atoms with Crippen LogP contribution < -0.4 is 10.6 Å². The van der Waals surface area contributed by atoms with Crippen molar-refractivity contribution < 1.29 is 0 Å². The number of anilines is 1. The minimum atomic E-state index is 0.0295. The minimum absolute atomic E-state index is 0.0295. The highest BCUT2D eigenvalue weighted by Crippen LogP contribution is 2.25. The van der Waals surface area contributed by atoms with Gasteiger partial charge in [-0.25, -0.2) is 4.98 Å². The summed E-state index contributed by atoms with van der Waals surface area (Å²) < 4.78 is 0. The van der Waals surface area contributed by atoms with E-state index in [1.807, 2.05) is 19.2 Å². The molecule has 4 heteroatoms. The molecule has 100 valence electrons. The zero-order chi connectivity index (χ0) is 13.1.